The Morgan fingerprint density at radius 3 is 2.42 bits per heavy atom. The van der Waals surface area contributed by atoms with Crippen LogP contribution in [0.1, 0.15) is 6.42 Å². The van der Waals surface area contributed by atoms with Gasteiger partial charge in [-0.05, 0) is 29.4 Å². The number of anilines is 1. The first-order valence-corrected chi connectivity index (χ1v) is 9.02. The molecular formula is C15H21N5O3S. The second kappa shape index (κ2) is 7.54. The van der Waals surface area contributed by atoms with Crippen molar-refractivity contribution >= 4 is 27.3 Å². The topological polar surface area (TPSA) is 94.0 Å². The number of azo groups is 1. The molecule has 0 N–H and O–H groups in total. The van der Waals surface area contributed by atoms with Gasteiger partial charge >= 0.3 is 5.82 Å². The molecule has 0 amide bonds. The number of benzene rings is 1. The van der Waals surface area contributed by atoms with Crippen LogP contribution in [-0.4, -0.2) is 37.5 Å². The van der Waals surface area contributed by atoms with Crippen molar-refractivity contribution < 1.29 is 17.7 Å². The number of rotatable bonds is 7. The molecule has 0 saturated heterocycles. The average molecular weight is 351 g/mol. The van der Waals surface area contributed by atoms with E-state index in [1.165, 1.54) is 0 Å². The lowest BCUT2D eigenvalue weighted by Crippen LogP contribution is -2.42. The molecule has 24 heavy (non-hydrogen) atoms. The molecule has 8 nitrogen and oxygen atoms in total. The number of hydrogen-bond donors (Lipinski definition) is 0. The summed E-state index contributed by atoms with van der Waals surface area (Å²) in [4.78, 5) is 2.00. The Bertz CT molecular complexity index is 810. The molecule has 0 aliphatic carbocycles. The maximum atomic E-state index is 10.7. The zero-order valence-corrected chi connectivity index (χ0v) is 14.8. The first-order chi connectivity index (χ1) is 11.3. The van der Waals surface area contributed by atoms with Gasteiger partial charge in [-0.25, -0.2) is 13.1 Å². The van der Waals surface area contributed by atoms with E-state index in [2.05, 4.69) is 10.2 Å². The normalized spacial score (nSPS) is 12.0. The summed E-state index contributed by atoms with van der Waals surface area (Å²) in [5.74, 6) is 0.200. The number of nitrogens with zero attached hydrogens (tertiary/aromatic N) is 5. The first-order valence-electron chi connectivity index (χ1n) is 7.44. The van der Waals surface area contributed by atoms with Crippen molar-refractivity contribution in [2.75, 3.05) is 24.7 Å². The molecule has 1 aromatic carbocycles. The lowest BCUT2D eigenvalue weighted by Gasteiger charge is -2.11. The van der Waals surface area contributed by atoms with E-state index in [1.54, 1.807) is 21.6 Å². The summed E-state index contributed by atoms with van der Waals surface area (Å²) in [5, 5.41) is 8.41. The summed E-state index contributed by atoms with van der Waals surface area (Å²) < 4.78 is 35.6. The lowest BCUT2D eigenvalue weighted by atomic mass is 10.3. The predicted molar refractivity (Wildman–Crippen MR) is 89.7 cm³/mol. The molecule has 0 radical (unpaired) electrons. The quantitative estimate of drug-likeness (QED) is 0.431. The molecular weight excluding hydrogens is 330 g/mol. The third-order valence-corrected chi connectivity index (χ3v) is 4.27. The molecule has 0 bridgehead atoms. The largest absolute Gasteiger partial charge is 0.748 e. The maximum Gasteiger partial charge on any atom is 0.370 e. The molecule has 1 heterocycles. The Balaban J connectivity index is 2.09. The molecule has 0 aliphatic rings. The summed E-state index contributed by atoms with van der Waals surface area (Å²) in [7, 11) is 1.54. The summed E-state index contributed by atoms with van der Waals surface area (Å²) in [6, 6.07) is 9.43. The second-order valence-corrected chi connectivity index (χ2v) is 7.12. The van der Waals surface area contributed by atoms with Gasteiger partial charge in [-0.15, -0.1) is 0 Å². The van der Waals surface area contributed by atoms with Crippen LogP contribution in [0.15, 0.2) is 46.8 Å². The highest BCUT2D eigenvalue weighted by molar-refractivity contribution is 7.85. The van der Waals surface area contributed by atoms with Crippen LogP contribution in [0, 0.1) is 0 Å². The van der Waals surface area contributed by atoms with E-state index in [9.17, 15) is 13.0 Å². The third-order valence-electron chi connectivity index (χ3n) is 3.48. The molecule has 0 fully saturated rings. The minimum atomic E-state index is -4.20. The molecule has 1 aromatic heterocycles. The fourth-order valence-corrected chi connectivity index (χ4v) is 2.66. The monoisotopic (exact) mass is 351 g/mol. The van der Waals surface area contributed by atoms with Gasteiger partial charge in [-0.3, -0.25) is 0 Å². The Morgan fingerprint density at radius 1 is 1.17 bits per heavy atom. The SMILES string of the molecule is CN(C)c1ccc(/N=N/c2ccn(C)[n+]2CCCS(=O)(=O)[O-])cc1. The van der Waals surface area contributed by atoms with E-state index in [0.29, 0.717) is 12.4 Å². The van der Waals surface area contributed by atoms with E-state index in [4.69, 9.17) is 0 Å². The summed E-state index contributed by atoms with van der Waals surface area (Å²) in [5.41, 5.74) is 1.79. The van der Waals surface area contributed by atoms with Gasteiger partial charge in [0.05, 0.1) is 21.3 Å². The summed E-state index contributed by atoms with van der Waals surface area (Å²) >= 11 is 0. The Labute approximate surface area is 141 Å². The zero-order chi connectivity index (χ0) is 17.7. The minimum Gasteiger partial charge on any atom is -0.748 e. The van der Waals surface area contributed by atoms with Crippen molar-refractivity contribution in [2.45, 2.75) is 13.0 Å². The van der Waals surface area contributed by atoms with Crippen molar-refractivity contribution in [1.82, 2.24) is 4.68 Å². The molecule has 0 atom stereocenters. The van der Waals surface area contributed by atoms with Crippen LogP contribution in [0.3, 0.4) is 0 Å². The predicted octanol–water partition coefficient (Wildman–Crippen LogP) is 1.73. The molecule has 0 spiro atoms. The Morgan fingerprint density at radius 2 is 1.83 bits per heavy atom. The van der Waals surface area contributed by atoms with Gasteiger partial charge in [0.25, 0.3) is 0 Å². The molecule has 130 valence electrons. The average Bonchev–Trinajstić information content (AvgIpc) is 2.85. The number of hydrogen-bond acceptors (Lipinski definition) is 6. The lowest BCUT2D eigenvalue weighted by molar-refractivity contribution is -0.761. The van der Waals surface area contributed by atoms with Crippen molar-refractivity contribution in [1.29, 1.82) is 0 Å². The van der Waals surface area contributed by atoms with Gasteiger partial charge in [0, 0.05) is 45.2 Å². The standard InChI is InChI=1S/C15H21N5O3S/c1-18(2)14-7-5-13(6-8-14)16-17-15-9-11-19(3)20(15)10-4-12-24(21,22)23/h5-9,11H,4,10,12H2,1-3H3. The van der Waals surface area contributed by atoms with Crippen LogP contribution in [0.25, 0.3) is 0 Å². The summed E-state index contributed by atoms with van der Waals surface area (Å²) in [6.45, 7) is 0.374. The van der Waals surface area contributed by atoms with Crippen LogP contribution in [-0.2, 0) is 23.7 Å². The van der Waals surface area contributed by atoms with Crippen molar-refractivity contribution in [3.05, 3.63) is 36.5 Å². The van der Waals surface area contributed by atoms with Crippen molar-refractivity contribution in [3.8, 4) is 0 Å². The van der Waals surface area contributed by atoms with Gasteiger partial charge in [0.15, 0.2) is 0 Å². The highest BCUT2D eigenvalue weighted by atomic mass is 32.2. The van der Waals surface area contributed by atoms with Gasteiger partial charge in [-0.2, -0.15) is 4.68 Å². The van der Waals surface area contributed by atoms with Gasteiger partial charge < -0.3 is 9.45 Å². The second-order valence-electron chi connectivity index (χ2n) is 5.60. The van der Waals surface area contributed by atoms with Crippen LogP contribution in [0.2, 0.25) is 0 Å². The number of aryl methyl sites for hydroxylation is 1. The van der Waals surface area contributed by atoms with E-state index in [-0.39, 0.29) is 6.42 Å². The molecule has 0 aliphatic heterocycles. The third kappa shape index (κ3) is 5.14. The fourth-order valence-electron chi connectivity index (χ4n) is 2.18. The molecule has 0 saturated carbocycles. The fraction of sp³-hybridized carbons (Fsp3) is 0.400. The van der Waals surface area contributed by atoms with Gasteiger partial charge in [0.2, 0.25) is 0 Å². The van der Waals surface area contributed by atoms with Crippen LogP contribution < -0.4 is 9.58 Å². The summed E-state index contributed by atoms with van der Waals surface area (Å²) in [6.07, 6.45) is 2.03. The van der Waals surface area contributed by atoms with Crippen LogP contribution in [0.4, 0.5) is 17.2 Å². The molecule has 9 heteroatoms. The first kappa shape index (κ1) is 18.1. The minimum absolute atomic E-state index is 0.231. The van der Waals surface area contributed by atoms with E-state index < -0.39 is 15.9 Å². The van der Waals surface area contributed by atoms with Gasteiger partial charge in [0.1, 0.15) is 12.2 Å². The highest BCUT2D eigenvalue weighted by Gasteiger charge is 2.14. The smallest absolute Gasteiger partial charge is 0.370 e. The highest BCUT2D eigenvalue weighted by Crippen LogP contribution is 2.20. The van der Waals surface area contributed by atoms with Crippen molar-refractivity contribution in [3.63, 3.8) is 0 Å². The number of aromatic nitrogens is 2. The molecule has 0 unspecified atom stereocenters. The Kier molecular flexibility index (Phi) is 5.68. The van der Waals surface area contributed by atoms with Gasteiger partial charge in [-0.1, -0.05) is 0 Å². The van der Waals surface area contributed by atoms with Crippen LogP contribution in [0.5, 0.6) is 0 Å². The zero-order valence-electron chi connectivity index (χ0n) is 14.0. The Hall–Kier alpha value is -2.26. The molecule has 2 rings (SSSR count). The molecule has 2 aromatic rings. The van der Waals surface area contributed by atoms with E-state index >= 15 is 0 Å². The van der Waals surface area contributed by atoms with E-state index in [0.717, 1.165) is 11.4 Å². The van der Waals surface area contributed by atoms with Crippen molar-refractivity contribution in [2.24, 2.45) is 17.3 Å². The van der Waals surface area contributed by atoms with Crippen LogP contribution >= 0.6 is 0 Å². The maximum absolute atomic E-state index is 10.7. The van der Waals surface area contributed by atoms with E-state index in [1.807, 2.05) is 50.3 Å².